The van der Waals surface area contributed by atoms with Crippen LogP contribution >= 0.6 is 11.3 Å². The van der Waals surface area contributed by atoms with Gasteiger partial charge in [0.25, 0.3) is 0 Å². The van der Waals surface area contributed by atoms with Gasteiger partial charge in [0, 0.05) is 17.7 Å². The summed E-state index contributed by atoms with van der Waals surface area (Å²) in [5, 5.41) is 24.5. The number of aryl methyl sites for hydroxylation is 1. The fraction of sp³-hybridized carbons (Fsp3) is 0.667. The number of allylic oxidation sites excluding steroid dienone is 1. The Morgan fingerprint density at radius 1 is 1.21 bits per heavy atom. The summed E-state index contributed by atoms with van der Waals surface area (Å²) in [5.74, 6) is -1.48. The molecule has 5 atom stereocenters. The Morgan fingerprint density at radius 3 is 2.50 bits per heavy atom. The van der Waals surface area contributed by atoms with Crippen molar-refractivity contribution in [3.05, 3.63) is 33.3 Å². The molecule has 0 fully saturated rings. The Hall–Kier alpha value is -1.83. The molecule has 2 heterocycles. The summed E-state index contributed by atoms with van der Waals surface area (Å²) in [5.41, 5.74) is 1.63. The van der Waals surface area contributed by atoms with Crippen LogP contribution in [-0.4, -0.2) is 45.3 Å². The van der Waals surface area contributed by atoms with Crippen LogP contribution in [0.15, 0.2) is 22.6 Å². The standard InChI is InChI=1S/C27H41NO5S/c1-16-10-8-9-11-17(2)25(31)19(4)26(32)27(6,7)23(29)14-24(30)33-22(12-16)18(3)13-21-15-34-20(5)28-21/h10,13,15,17,19,22-23,25,29,31H,8-9,11-12,14H2,1-7H3/t17-,19-,22-,23-,25+/m0/s1. The molecule has 0 radical (unpaired) electrons. The third-order valence-electron chi connectivity index (χ3n) is 6.99. The van der Waals surface area contributed by atoms with Gasteiger partial charge in [0.2, 0.25) is 0 Å². The normalized spacial score (nSPS) is 30.6. The van der Waals surface area contributed by atoms with Gasteiger partial charge in [0.05, 0.1) is 34.7 Å². The highest BCUT2D eigenvalue weighted by Gasteiger charge is 2.42. The van der Waals surface area contributed by atoms with Crippen LogP contribution in [0.2, 0.25) is 0 Å². The zero-order valence-corrected chi connectivity index (χ0v) is 22.4. The van der Waals surface area contributed by atoms with Crippen molar-refractivity contribution in [1.29, 1.82) is 0 Å². The van der Waals surface area contributed by atoms with Gasteiger partial charge in [-0.05, 0) is 57.6 Å². The lowest BCUT2D eigenvalue weighted by atomic mass is 9.73. The number of aromatic nitrogens is 1. The highest BCUT2D eigenvalue weighted by molar-refractivity contribution is 7.09. The number of thiazole rings is 1. The number of carbonyl (C=O) groups excluding carboxylic acids is 2. The summed E-state index contributed by atoms with van der Waals surface area (Å²) in [6, 6.07) is 0. The van der Waals surface area contributed by atoms with Crippen molar-refractivity contribution >= 4 is 29.2 Å². The van der Waals surface area contributed by atoms with Crippen LogP contribution in [0.3, 0.4) is 0 Å². The summed E-state index contributed by atoms with van der Waals surface area (Å²) < 4.78 is 5.83. The lowest BCUT2D eigenvalue weighted by molar-refractivity contribution is -0.154. The average molecular weight is 492 g/mol. The third-order valence-corrected chi connectivity index (χ3v) is 7.79. The molecule has 0 saturated heterocycles. The number of Topliss-reactive ketones (excluding diaryl/α,β-unsaturated/α-hetero) is 1. The van der Waals surface area contributed by atoms with Crippen LogP contribution in [-0.2, 0) is 14.3 Å². The number of ether oxygens (including phenoxy) is 1. The van der Waals surface area contributed by atoms with Crippen LogP contribution in [0.5, 0.6) is 0 Å². The Balaban J connectivity index is 2.33. The molecule has 0 unspecified atom stereocenters. The molecule has 0 amide bonds. The van der Waals surface area contributed by atoms with Crippen molar-refractivity contribution in [1.82, 2.24) is 4.98 Å². The van der Waals surface area contributed by atoms with Crippen LogP contribution in [0.25, 0.3) is 6.08 Å². The fourth-order valence-electron chi connectivity index (χ4n) is 4.42. The molecule has 7 heteroatoms. The van der Waals surface area contributed by atoms with Crippen LogP contribution in [0, 0.1) is 24.2 Å². The van der Waals surface area contributed by atoms with Gasteiger partial charge in [-0.25, -0.2) is 4.98 Å². The maximum absolute atomic E-state index is 13.2. The fourth-order valence-corrected chi connectivity index (χ4v) is 4.99. The minimum absolute atomic E-state index is 0.0436. The van der Waals surface area contributed by atoms with Crippen molar-refractivity contribution in [2.75, 3.05) is 0 Å². The summed E-state index contributed by atoms with van der Waals surface area (Å²) in [6.45, 7) is 12.8. The van der Waals surface area contributed by atoms with E-state index in [1.807, 2.05) is 39.2 Å². The first-order chi connectivity index (χ1) is 15.8. The van der Waals surface area contributed by atoms with E-state index in [2.05, 4.69) is 11.1 Å². The largest absolute Gasteiger partial charge is 0.457 e. The maximum Gasteiger partial charge on any atom is 0.309 e. The number of nitrogens with zero attached hydrogens (tertiary/aromatic N) is 1. The Kier molecular flexibility index (Phi) is 10.2. The second-order valence-corrected chi connectivity index (χ2v) is 11.5. The molecule has 1 aromatic rings. The number of rotatable bonds is 2. The molecule has 1 aromatic heterocycles. The molecular weight excluding hydrogens is 450 g/mol. The molecule has 6 nitrogen and oxygen atoms in total. The first kappa shape index (κ1) is 28.4. The minimum Gasteiger partial charge on any atom is -0.457 e. The smallest absolute Gasteiger partial charge is 0.309 e. The van der Waals surface area contributed by atoms with E-state index in [4.69, 9.17) is 4.74 Å². The van der Waals surface area contributed by atoms with E-state index in [-0.39, 0.29) is 18.1 Å². The van der Waals surface area contributed by atoms with Gasteiger partial charge in [-0.3, -0.25) is 9.59 Å². The lowest BCUT2D eigenvalue weighted by Gasteiger charge is -2.34. The summed E-state index contributed by atoms with van der Waals surface area (Å²) >= 11 is 1.56. The number of carbonyl (C=O) groups is 2. The van der Waals surface area contributed by atoms with Gasteiger partial charge < -0.3 is 14.9 Å². The van der Waals surface area contributed by atoms with E-state index in [0.29, 0.717) is 6.42 Å². The van der Waals surface area contributed by atoms with Gasteiger partial charge in [0.15, 0.2) is 0 Å². The zero-order chi connectivity index (χ0) is 25.6. The van der Waals surface area contributed by atoms with Crippen molar-refractivity contribution in [2.45, 2.75) is 98.9 Å². The highest BCUT2D eigenvalue weighted by Crippen LogP contribution is 2.32. The molecule has 190 valence electrons. The van der Waals surface area contributed by atoms with Crippen LogP contribution < -0.4 is 0 Å². The summed E-state index contributed by atoms with van der Waals surface area (Å²) in [4.78, 5) is 30.5. The number of hydrogen-bond donors (Lipinski definition) is 2. The van der Waals surface area contributed by atoms with Crippen molar-refractivity contribution in [3.8, 4) is 0 Å². The van der Waals surface area contributed by atoms with E-state index in [9.17, 15) is 19.8 Å². The summed E-state index contributed by atoms with van der Waals surface area (Å²) in [7, 11) is 0. The topological polar surface area (TPSA) is 96.7 Å². The molecule has 1 aliphatic heterocycles. The number of hydrogen-bond acceptors (Lipinski definition) is 7. The quantitative estimate of drug-likeness (QED) is 0.432. The molecule has 0 aliphatic carbocycles. The Bertz CT molecular complexity index is 916. The number of cyclic esters (lactones) is 1. The minimum atomic E-state index is -1.21. The molecule has 0 bridgehead atoms. The second kappa shape index (κ2) is 12.2. The number of aliphatic hydroxyl groups is 2. The molecule has 0 spiro atoms. The SMILES string of the molecule is CC1=CCCC[C@H](C)[C@@H](O)[C@H](C)C(=O)C(C)(C)[C@@H](O)CC(=O)O[C@H](C(C)=Cc2csc(C)n2)C1. The number of ketones is 1. The molecular formula is C27H41NO5S. The molecule has 0 aromatic carbocycles. The van der Waals surface area contributed by atoms with E-state index in [1.54, 1.807) is 32.1 Å². The predicted molar refractivity (Wildman–Crippen MR) is 136 cm³/mol. The van der Waals surface area contributed by atoms with Crippen LogP contribution in [0.4, 0.5) is 0 Å². The monoisotopic (exact) mass is 491 g/mol. The van der Waals surface area contributed by atoms with Gasteiger partial charge >= 0.3 is 5.97 Å². The van der Waals surface area contributed by atoms with Crippen molar-refractivity contribution in [3.63, 3.8) is 0 Å². The van der Waals surface area contributed by atoms with Gasteiger partial charge in [-0.2, -0.15) is 0 Å². The van der Waals surface area contributed by atoms with E-state index < -0.39 is 35.6 Å². The van der Waals surface area contributed by atoms with E-state index in [0.717, 1.165) is 41.1 Å². The molecule has 1 aliphatic rings. The number of aliphatic hydroxyl groups excluding tert-OH is 2. The Morgan fingerprint density at radius 2 is 1.88 bits per heavy atom. The Labute approximate surface area is 208 Å². The third kappa shape index (κ3) is 7.59. The molecule has 2 rings (SSSR count). The maximum atomic E-state index is 13.2. The zero-order valence-electron chi connectivity index (χ0n) is 21.6. The first-order valence-electron chi connectivity index (χ1n) is 12.2. The average Bonchev–Trinajstić information content (AvgIpc) is 3.17. The van der Waals surface area contributed by atoms with Gasteiger partial charge in [-0.1, -0.05) is 39.3 Å². The predicted octanol–water partition coefficient (Wildman–Crippen LogP) is 5.27. The lowest BCUT2D eigenvalue weighted by Crippen LogP contribution is -2.45. The van der Waals surface area contributed by atoms with Gasteiger partial charge in [-0.15, -0.1) is 11.3 Å². The molecule has 0 saturated carbocycles. The second-order valence-electron chi connectivity index (χ2n) is 10.4. The molecule has 2 N–H and O–H groups in total. The molecule has 34 heavy (non-hydrogen) atoms. The van der Waals surface area contributed by atoms with Crippen molar-refractivity contribution < 1.29 is 24.5 Å². The summed E-state index contributed by atoms with van der Waals surface area (Å²) in [6.07, 6.45) is 4.38. The first-order valence-corrected chi connectivity index (χ1v) is 13.1. The van der Waals surface area contributed by atoms with E-state index >= 15 is 0 Å². The van der Waals surface area contributed by atoms with Gasteiger partial charge in [0.1, 0.15) is 11.9 Å². The van der Waals surface area contributed by atoms with Crippen molar-refractivity contribution in [2.24, 2.45) is 17.3 Å². The van der Waals surface area contributed by atoms with E-state index in [1.165, 1.54) is 0 Å². The highest BCUT2D eigenvalue weighted by atomic mass is 32.1. The van der Waals surface area contributed by atoms with Crippen LogP contribution in [0.1, 0.15) is 84.3 Å². The number of esters is 1.